The Morgan fingerprint density at radius 2 is 1.97 bits per heavy atom. The van der Waals surface area contributed by atoms with Gasteiger partial charge in [0, 0.05) is 37.8 Å². The maximum Gasteiger partial charge on any atom is 0.316 e. The molecular formula is C22H24N4O3. The highest BCUT2D eigenvalue weighted by Crippen LogP contribution is 2.16. The lowest BCUT2D eigenvalue weighted by atomic mass is 10.1. The van der Waals surface area contributed by atoms with Crippen molar-refractivity contribution in [2.45, 2.75) is 32.5 Å². The summed E-state index contributed by atoms with van der Waals surface area (Å²) in [5, 5.41) is 3.09. The third-order valence-corrected chi connectivity index (χ3v) is 5.41. The highest BCUT2D eigenvalue weighted by atomic mass is 16.2. The van der Waals surface area contributed by atoms with Gasteiger partial charge in [-0.3, -0.25) is 19.3 Å². The molecule has 3 aromatic rings. The zero-order chi connectivity index (χ0) is 20.4. The zero-order valence-electron chi connectivity index (χ0n) is 16.4. The molecule has 2 heterocycles. The molecule has 4 rings (SSSR count). The Kier molecular flexibility index (Phi) is 5.31. The second kappa shape index (κ2) is 8.05. The van der Waals surface area contributed by atoms with Gasteiger partial charge in [0.1, 0.15) is 0 Å². The van der Waals surface area contributed by atoms with Gasteiger partial charge in [-0.15, -0.1) is 0 Å². The quantitative estimate of drug-likeness (QED) is 0.647. The predicted octanol–water partition coefficient (Wildman–Crippen LogP) is 1.71. The summed E-state index contributed by atoms with van der Waals surface area (Å²) in [7, 11) is 0. The second-order valence-electron chi connectivity index (χ2n) is 7.42. The first kappa shape index (κ1) is 19.1. The number of aromatic amines is 1. The van der Waals surface area contributed by atoms with E-state index >= 15 is 0 Å². The van der Waals surface area contributed by atoms with Gasteiger partial charge in [-0.05, 0) is 37.1 Å². The van der Waals surface area contributed by atoms with Crippen molar-refractivity contribution in [3.8, 4) is 0 Å². The minimum Gasteiger partial charge on any atom is -0.348 e. The third kappa shape index (κ3) is 4.00. The smallest absolute Gasteiger partial charge is 0.316 e. The Hall–Kier alpha value is -3.19. The van der Waals surface area contributed by atoms with E-state index in [1.54, 1.807) is 18.2 Å². The number of benzene rings is 2. The van der Waals surface area contributed by atoms with Crippen molar-refractivity contribution in [2.24, 2.45) is 0 Å². The van der Waals surface area contributed by atoms with E-state index in [2.05, 4.69) is 27.3 Å². The summed E-state index contributed by atoms with van der Waals surface area (Å²) in [6, 6.07) is 15.4. The minimum atomic E-state index is -0.677. The molecule has 0 bridgehead atoms. The number of carbonyl (C=O) groups excluding carboxylic acids is 1. The molecule has 150 valence electrons. The summed E-state index contributed by atoms with van der Waals surface area (Å²) in [6.07, 6.45) is 0.901. The standard InChI is InChI=1S/C22H24N4O3/c1-2-26-19-9-8-16(12-18(19)24-21(28)22(26)29)20(27)23-17-10-11-25(14-17)13-15-6-4-3-5-7-15/h3-9,12,17H,2,10-11,13-14H2,1H3,(H,23,27)(H,24,28)/t17-/m1/s1. The van der Waals surface area contributed by atoms with Gasteiger partial charge in [0.25, 0.3) is 5.91 Å². The lowest BCUT2D eigenvalue weighted by Gasteiger charge is -2.17. The van der Waals surface area contributed by atoms with Crippen LogP contribution >= 0.6 is 0 Å². The van der Waals surface area contributed by atoms with Crippen LogP contribution in [0.3, 0.4) is 0 Å². The van der Waals surface area contributed by atoms with E-state index in [9.17, 15) is 14.4 Å². The first-order valence-electron chi connectivity index (χ1n) is 9.89. The number of nitrogens with zero attached hydrogens (tertiary/aromatic N) is 2. The molecule has 1 aliphatic heterocycles. The summed E-state index contributed by atoms with van der Waals surface area (Å²) in [5.41, 5.74) is 1.58. The maximum absolute atomic E-state index is 12.7. The monoisotopic (exact) mass is 392 g/mol. The molecule has 2 aromatic carbocycles. The Morgan fingerprint density at radius 3 is 2.72 bits per heavy atom. The van der Waals surface area contributed by atoms with Crippen molar-refractivity contribution in [3.63, 3.8) is 0 Å². The van der Waals surface area contributed by atoms with Gasteiger partial charge in [-0.1, -0.05) is 30.3 Å². The Labute approximate surface area is 168 Å². The summed E-state index contributed by atoms with van der Waals surface area (Å²) in [4.78, 5) is 41.5. The van der Waals surface area contributed by atoms with Crippen molar-refractivity contribution in [1.82, 2.24) is 19.8 Å². The van der Waals surface area contributed by atoms with Crippen LogP contribution in [-0.2, 0) is 13.1 Å². The van der Waals surface area contributed by atoms with Crippen LogP contribution in [0.25, 0.3) is 11.0 Å². The number of nitrogens with one attached hydrogen (secondary N) is 2. The number of likely N-dealkylation sites (tertiary alicyclic amines) is 1. The number of hydrogen-bond acceptors (Lipinski definition) is 4. The van der Waals surface area contributed by atoms with Gasteiger partial charge in [-0.2, -0.15) is 0 Å². The molecule has 0 spiro atoms. The van der Waals surface area contributed by atoms with Crippen LogP contribution in [0.4, 0.5) is 0 Å². The molecule has 0 radical (unpaired) electrons. The SMILES string of the molecule is CCn1c(=O)c(=O)[nH]c2cc(C(=O)N[C@@H]3CCN(Cc4ccccc4)C3)ccc21. The zero-order valence-corrected chi connectivity index (χ0v) is 16.4. The van der Waals surface area contributed by atoms with Crippen molar-refractivity contribution in [1.29, 1.82) is 0 Å². The summed E-state index contributed by atoms with van der Waals surface area (Å²) in [5.74, 6) is -0.173. The molecule has 7 heteroatoms. The fourth-order valence-electron chi connectivity index (χ4n) is 3.94. The van der Waals surface area contributed by atoms with E-state index in [1.165, 1.54) is 10.1 Å². The van der Waals surface area contributed by atoms with Crippen LogP contribution in [0, 0.1) is 0 Å². The molecule has 1 aromatic heterocycles. The van der Waals surface area contributed by atoms with Crippen LogP contribution < -0.4 is 16.4 Å². The second-order valence-corrected chi connectivity index (χ2v) is 7.42. The Morgan fingerprint density at radius 1 is 1.17 bits per heavy atom. The number of aromatic nitrogens is 2. The van der Waals surface area contributed by atoms with Crippen molar-refractivity contribution in [2.75, 3.05) is 13.1 Å². The topological polar surface area (TPSA) is 87.2 Å². The highest BCUT2D eigenvalue weighted by molar-refractivity contribution is 5.97. The molecule has 0 aliphatic carbocycles. The highest BCUT2D eigenvalue weighted by Gasteiger charge is 2.24. The number of hydrogen-bond donors (Lipinski definition) is 2. The lowest BCUT2D eigenvalue weighted by molar-refractivity contribution is 0.0937. The van der Waals surface area contributed by atoms with Gasteiger partial charge < -0.3 is 14.9 Å². The molecule has 0 saturated carbocycles. The number of H-pyrrole nitrogens is 1. The van der Waals surface area contributed by atoms with Crippen LogP contribution in [0.15, 0.2) is 58.1 Å². The molecule has 1 atom stereocenters. The average molecular weight is 392 g/mol. The minimum absolute atomic E-state index is 0.0885. The number of carbonyl (C=O) groups is 1. The molecule has 1 saturated heterocycles. The van der Waals surface area contributed by atoms with E-state index < -0.39 is 11.1 Å². The number of fused-ring (bicyclic) bond motifs is 1. The molecule has 0 unspecified atom stereocenters. The van der Waals surface area contributed by atoms with Crippen LogP contribution in [-0.4, -0.2) is 39.5 Å². The van der Waals surface area contributed by atoms with Crippen LogP contribution in [0.1, 0.15) is 29.3 Å². The Balaban J connectivity index is 1.46. The molecule has 7 nitrogen and oxygen atoms in total. The average Bonchev–Trinajstić information content (AvgIpc) is 3.16. The van der Waals surface area contributed by atoms with Crippen molar-refractivity contribution < 1.29 is 4.79 Å². The molecular weight excluding hydrogens is 368 g/mol. The van der Waals surface area contributed by atoms with Crippen LogP contribution in [0.5, 0.6) is 0 Å². The molecule has 1 amide bonds. The van der Waals surface area contributed by atoms with Gasteiger partial charge in [0.15, 0.2) is 0 Å². The van der Waals surface area contributed by atoms with Gasteiger partial charge in [-0.25, -0.2) is 0 Å². The van der Waals surface area contributed by atoms with Crippen molar-refractivity contribution >= 4 is 16.9 Å². The first-order valence-corrected chi connectivity index (χ1v) is 9.89. The number of aryl methyl sites for hydroxylation is 1. The number of rotatable bonds is 5. The molecule has 1 fully saturated rings. The Bertz CT molecular complexity index is 1150. The fourth-order valence-corrected chi connectivity index (χ4v) is 3.94. The fraction of sp³-hybridized carbons (Fsp3) is 0.318. The maximum atomic E-state index is 12.7. The first-order chi connectivity index (χ1) is 14.0. The number of amides is 1. The molecule has 2 N–H and O–H groups in total. The molecule has 29 heavy (non-hydrogen) atoms. The van der Waals surface area contributed by atoms with Gasteiger partial charge in [0.05, 0.1) is 11.0 Å². The predicted molar refractivity (Wildman–Crippen MR) is 112 cm³/mol. The summed E-state index contributed by atoms with van der Waals surface area (Å²) in [6.45, 7) is 4.82. The van der Waals surface area contributed by atoms with E-state index in [4.69, 9.17) is 0 Å². The van der Waals surface area contributed by atoms with E-state index in [0.717, 1.165) is 26.1 Å². The van der Waals surface area contributed by atoms with E-state index in [0.29, 0.717) is 23.1 Å². The van der Waals surface area contributed by atoms with E-state index in [-0.39, 0.29) is 11.9 Å². The summed E-state index contributed by atoms with van der Waals surface area (Å²) >= 11 is 0. The van der Waals surface area contributed by atoms with Gasteiger partial charge in [0.2, 0.25) is 0 Å². The van der Waals surface area contributed by atoms with Crippen LogP contribution in [0.2, 0.25) is 0 Å². The summed E-state index contributed by atoms with van der Waals surface area (Å²) < 4.78 is 1.41. The lowest BCUT2D eigenvalue weighted by Crippen LogP contribution is -2.37. The van der Waals surface area contributed by atoms with Crippen molar-refractivity contribution in [3.05, 3.63) is 80.4 Å². The third-order valence-electron chi connectivity index (χ3n) is 5.41. The van der Waals surface area contributed by atoms with E-state index in [1.807, 2.05) is 25.1 Å². The normalized spacial score (nSPS) is 16.9. The largest absolute Gasteiger partial charge is 0.348 e. The van der Waals surface area contributed by atoms with Gasteiger partial charge >= 0.3 is 11.1 Å². The molecule has 1 aliphatic rings.